The molecule has 1 aliphatic carbocycles. The zero-order valence-corrected chi connectivity index (χ0v) is 9.25. The summed E-state index contributed by atoms with van der Waals surface area (Å²) < 4.78 is 30.1. The molecule has 86 valence electrons. The predicted octanol–water partition coefficient (Wildman–Crippen LogP) is 0.760. The third-order valence-electron chi connectivity index (χ3n) is 2.88. The van der Waals surface area contributed by atoms with Crippen LogP contribution in [-0.4, -0.2) is 19.5 Å². The topological polar surface area (TPSA) is 75.6 Å². The average Bonchev–Trinajstić information content (AvgIpc) is 2.95. The van der Waals surface area contributed by atoms with E-state index in [0.717, 1.165) is 18.4 Å². The molecule has 1 saturated carbocycles. The van der Waals surface area contributed by atoms with Gasteiger partial charge in [0.25, 0.3) is 10.0 Å². The number of rotatable bonds is 1. The van der Waals surface area contributed by atoms with Gasteiger partial charge in [-0.3, -0.25) is 4.72 Å². The van der Waals surface area contributed by atoms with Gasteiger partial charge in [0, 0.05) is 0 Å². The van der Waals surface area contributed by atoms with Gasteiger partial charge in [-0.05, 0) is 30.5 Å². The molecule has 1 aromatic carbocycles. The summed E-state index contributed by atoms with van der Waals surface area (Å²) in [6, 6.07) is 5.09. The molecular formula is C10H11NO4S. The maximum absolute atomic E-state index is 11.3. The fourth-order valence-corrected chi connectivity index (χ4v) is 2.61. The van der Waals surface area contributed by atoms with Gasteiger partial charge in [-0.15, -0.1) is 0 Å². The second-order valence-electron chi connectivity index (χ2n) is 4.22. The Morgan fingerprint density at radius 2 is 2.12 bits per heavy atom. The van der Waals surface area contributed by atoms with Crippen LogP contribution in [-0.2, 0) is 15.6 Å². The molecule has 16 heavy (non-hydrogen) atoms. The van der Waals surface area contributed by atoms with Gasteiger partial charge in [0.15, 0.2) is 0 Å². The molecule has 1 aliphatic heterocycles. The van der Waals surface area contributed by atoms with Crippen molar-refractivity contribution >= 4 is 15.7 Å². The molecule has 0 atom stereocenters. The quantitative estimate of drug-likeness (QED) is 0.761. The molecule has 0 spiro atoms. The van der Waals surface area contributed by atoms with Crippen LogP contribution in [0, 0.1) is 0 Å². The molecule has 5 nitrogen and oxygen atoms in total. The first-order valence-corrected chi connectivity index (χ1v) is 6.64. The van der Waals surface area contributed by atoms with E-state index in [-0.39, 0.29) is 5.94 Å². The van der Waals surface area contributed by atoms with Crippen molar-refractivity contribution in [3.8, 4) is 5.75 Å². The van der Waals surface area contributed by atoms with Crippen LogP contribution in [0.1, 0.15) is 18.4 Å². The summed E-state index contributed by atoms with van der Waals surface area (Å²) in [5.41, 5.74) is 0.376. The summed E-state index contributed by atoms with van der Waals surface area (Å²) in [5, 5.41) is 9.91. The highest BCUT2D eigenvalue weighted by Gasteiger charge is 2.42. The highest BCUT2D eigenvalue weighted by atomic mass is 32.2. The summed E-state index contributed by atoms with van der Waals surface area (Å²) >= 11 is 0. The number of benzene rings is 1. The van der Waals surface area contributed by atoms with Crippen LogP contribution in [0.25, 0.3) is 0 Å². The van der Waals surface area contributed by atoms with Crippen LogP contribution in [0.3, 0.4) is 0 Å². The Bertz CT molecular complexity index is 548. The molecule has 3 rings (SSSR count). The van der Waals surface area contributed by atoms with Crippen molar-refractivity contribution in [2.75, 3.05) is 10.7 Å². The van der Waals surface area contributed by atoms with Crippen molar-refractivity contribution in [2.45, 2.75) is 18.4 Å². The average molecular weight is 241 g/mol. The zero-order valence-electron chi connectivity index (χ0n) is 8.43. The first kappa shape index (κ1) is 9.92. The van der Waals surface area contributed by atoms with Gasteiger partial charge in [0.05, 0.1) is 11.3 Å². The fourth-order valence-electron chi connectivity index (χ4n) is 1.77. The molecular weight excluding hydrogens is 230 g/mol. The van der Waals surface area contributed by atoms with Gasteiger partial charge in [0.1, 0.15) is 5.75 Å². The number of aliphatic hydroxyl groups is 1. The molecule has 2 N–H and O–H groups in total. The maximum atomic E-state index is 11.3. The molecule has 0 aromatic heterocycles. The van der Waals surface area contributed by atoms with Crippen LogP contribution in [0.15, 0.2) is 18.2 Å². The van der Waals surface area contributed by atoms with Crippen molar-refractivity contribution < 1.29 is 18.3 Å². The molecule has 0 unspecified atom stereocenters. The van der Waals surface area contributed by atoms with Crippen molar-refractivity contribution in [1.29, 1.82) is 0 Å². The lowest BCUT2D eigenvalue weighted by Crippen LogP contribution is -2.25. The minimum atomic E-state index is -3.39. The fraction of sp³-hybridized carbons (Fsp3) is 0.400. The van der Waals surface area contributed by atoms with Crippen molar-refractivity contribution in [3.63, 3.8) is 0 Å². The minimum Gasteiger partial charge on any atom is -0.474 e. The molecule has 6 heteroatoms. The smallest absolute Gasteiger partial charge is 0.268 e. The Hall–Kier alpha value is -1.27. The lowest BCUT2D eigenvalue weighted by atomic mass is 10.1. The SMILES string of the molecule is O=S1(=O)COc2ccc(C3(O)CC3)cc2N1. The summed E-state index contributed by atoms with van der Waals surface area (Å²) in [6.07, 6.45) is 1.44. The van der Waals surface area contributed by atoms with Gasteiger partial charge in [-0.25, -0.2) is 8.42 Å². The molecule has 1 heterocycles. The largest absolute Gasteiger partial charge is 0.474 e. The minimum absolute atomic E-state index is 0.358. The second-order valence-corrected chi connectivity index (χ2v) is 5.89. The number of fused-ring (bicyclic) bond motifs is 1. The van der Waals surface area contributed by atoms with Gasteiger partial charge >= 0.3 is 0 Å². The van der Waals surface area contributed by atoms with E-state index >= 15 is 0 Å². The third-order valence-corrected chi connectivity index (χ3v) is 3.83. The van der Waals surface area contributed by atoms with E-state index in [9.17, 15) is 13.5 Å². The van der Waals surface area contributed by atoms with E-state index in [4.69, 9.17) is 4.74 Å². The van der Waals surface area contributed by atoms with E-state index < -0.39 is 15.6 Å². The Balaban J connectivity index is 2.04. The number of sulfonamides is 1. The normalized spacial score (nSPS) is 23.8. The highest BCUT2D eigenvalue weighted by Crippen LogP contribution is 2.47. The monoisotopic (exact) mass is 241 g/mol. The number of anilines is 1. The number of ether oxygens (including phenoxy) is 1. The van der Waals surface area contributed by atoms with Gasteiger partial charge in [-0.2, -0.15) is 0 Å². The summed E-state index contributed by atoms with van der Waals surface area (Å²) in [4.78, 5) is 0. The Morgan fingerprint density at radius 1 is 1.38 bits per heavy atom. The molecule has 0 radical (unpaired) electrons. The van der Waals surface area contributed by atoms with E-state index in [1.807, 2.05) is 0 Å². The van der Waals surface area contributed by atoms with Gasteiger partial charge in [0.2, 0.25) is 5.94 Å². The predicted molar refractivity (Wildman–Crippen MR) is 57.6 cm³/mol. The van der Waals surface area contributed by atoms with Gasteiger partial charge in [-0.1, -0.05) is 6.07 Å². The van der Waals surface area contributed by atoms with Crippen molar-refractivity contribution in [2.24, 2.45) is 0 Å². The molecule has 0 amide bonds. The lowest BCUT2D eigenvalue weighted by Gasteiger charge is -2.20. The number of hydrogen-bond donors (Lipinski definition) is 2. The summed E-state index contributed by atoms with van der Waals surface area (Å²) in [7, 11) is -3.39. The van der Waals surface area contributed by atoms with Crippen LogP contribution >= 0.6 is 0 Å². The Kier molecular flexibility index (Phi) is 1.79. The summed E-state index contributed by atoms with van der Waals surface area (Å²) in [6.45, 7) is 0. The van der Waals surface area contributed by atoms with E-state index in [1.165, 1.54) is 0 Å². The standard InChI is InChI=1S/C10H11NO4S/c12-10(3-4-10)7-1-2-9-8(5-7)11-16(13,14)6-15-9/h1-2,5,11-12H,3-4,6H2. The Morgan fingerprint density at radius 3 is 2.81 bits per heavy atom. The van der Waals surface area contributed by atoms with Crippen LogP contribution < -0.4 is 9.46 Å². The van der Waals surface area contributed by atoms with E-state index in [2.05, 4.69) is 4.72 Å². The first-order chi connectivity index (χ1) is 7.49. The van der Waals surface area contributed by atoms with Crippen molar-refractivity contribution in [1.82, 2.24) is 0 Å². The van der Waals surface area contributed by atoms with Gasteiger partial charge < -0.3 is 9.84 Å². The number of hydrogen-bond acceptors (Lipinski definition) is 4. The molecule has 0 bridgehead atoms. The van der Waals surface area contributed by atoms with Crippen molar-refractivity contribution in [3.05, 3.63) is 23.8 Å². The summed E-state index contributed by atoms with van der Waals surface area (Å²) in [5.74, 6) is 0.145. The zero-order chi connectivity index (χ0) is 11.4. The Labute approximate surface area is 93.1 Å². The second kappa shape index (κ2) is 2.89. The van der Waals surface area contributed by atoms with Crippen LogP contribution in [0.2, 0.25) is 0 Å². The van der Waals surface area contributed by atoms with E-state index in [0.29, 0.717) is 11.4 Å². The van der Waals surface area contributed by atoms with Crippen LogP contribution in [0.5, 0.6) is 5.75 Å². The molecule has 1 fully saturated rings. The maximum Gasteiger partial charge on any atom is 0.268 e. The van der Waals surface area contributed by atoms with E-state index in [1.54, 1.807) is 18.2 Å². The third kappa shape index (κ3) is 1.54. The number of nitrogens with one attached hydrogen (secondary N) is 1. The lowest BCUT2D eigenvalue weighted by molar-refractivity contribution is 0.151. The highest BCUT2D eigenvalue weighted by molar-refractivity contribution is 7.92. The first-order valence-electron chi connectivity index (χ1n) is 4.99. The molecule has 2 aliphatic rings. The van der Waals surface area contributed by atoms with Crippen LogP contribution in [0.4, 0.5) is 5.69 Å². The molecule has 0 saturated heterocycles. The molecule has 1 aromatic rings.